The molecule has 15 heavy (non-hydrogen) atoms. The molecule has 0 saturated heterocycles. The number of para-hydroxylation sites is 1. The predicted molar refractivity (Wildman–Crippen MR) is 60.8 cm³/mol. The molecule has 0 aliphatic heterocycles. The van der Waals surface area contributed by atoms with Crippen LogP contribution in [-0.4, -0.2) is 17.9 Å². The van der Waals surface area contributed by atoms with Crippen molar-refractivity contribution in [1.82, 2.24) is 10.3 Å². The summed E-state index contributed by atoms with van der Waals surface area (Å²) in [5.41, 5.74) is 3.25. The van der Waals surface area contributed by atoms with Crippen LogP contribution in [0.4, 0.5) is 0 Å². The zero-order valence-electron chi connectivity index (χ0n) is 8.92. The van der Waals surface area contributed by atoms with Crippen LogP contribution in [0.2, 0.25) is 0 Å². The van der Waals surface area contributed by atoms with Gasteiger partial charge < -0.3 is 10.3 Å². The summed E-state index contributed by atoms with van der Waals surface area (Å²) in [6.07, 6.45) is 0.437. The van der Waals surface area contributed by atoms with Gasteiger partial charge in [0.15, 0.2) is 0 Å². The van der Waals surface area contributed by atoms with Crippen LogP contribution in [0.25, 0.3) is 10.9 Å². The number of rotatable bonds is 2. The number of H-pyrrole nitrogens is 1. The van der Waals surface area contributed by atoms with Gasteiger partial charge in [-0.2, -0.15) is 0 Å². The summed E-state index contributed by atoms with van der Waals surface area (Å²) in [5.74, 6) is 0.0443. The first-order valence-corrected chi connectivity index (χ1v) is 4.99. The Morgan fingerprint density at radius 1 is 1.40 bits per heavy atom. The lowest BCUT2D eigenvalue weighted by atomic mass is 10.1. The van der Waals surface area contributed by atoms with E-state index in [1.165, 1.54) is 0 Å². The number of aryl methyl sites for hydroxylation is 1. The summed E-state index contributed by atoms with van der Waals surface area (Å²) in [6, 6.07) is 8.04. The van der Waals surface area contributed by atoms with Crippen LogP contribution in [0.1, 0.15) is 11.3 Å². The van der Waals surface area contributed by atoms with Gasteiger partial charge in [0.2, 0.25) is 5.91 Å². The fourth-order valence-electron chi connectivity index (χ4n) is 1.81. The van der Waals surface area contributed by atoms with Crippen molar-refractivity contribution in [3.63, 3.8) is 0 Å². The van der Waals surface area contributed by atoms with Gasteiger partial charge >= 0.3 is 0 Å². The maximum Gasteiger partial charge on any atom is 0.224 e. The second-order valence-electron chi connectivity index (χ2n) is 3.62. The highest BCUT2D eigenvalue weighted by Crippen LogP contribution is 2.21. The van der Waals surface area contributed by atoms with Gasteiger partial charge in [-0.25, -0.2) is 0 Å². The van der Waals surface area contributed by atoms with E-state index in [9.17, 15) is 4.79 Å². The van der Waals surface area contributed by atoms with Crippen molar-refractivity contribution in [3.8, 4) is 0 Å². The maximum absolute atomic E-state index is 11.4. The van der Waals surface area contributed by atoms with Crippen molar-refractivity contribution >= 4 is 16.8 Å². The topological polar surface area (TPSA) is 44.9 Å². The number of aromatic amines is 1. The lowest BCUT2D eigenvalue weighted by Gasteiger charge is -2.00. The third kappa shape index (κ3) is 1.73. The van der Waals surface area contributed by atoms with E-state index in [2.05, 4.69) is 10.3 Å². The molecule has 1 heterocycles. The summed E-state index contributed by atoms with van der Waals surface area (Å²) < 4.78 is 0. The molecule has 3 heteroatoms. The average molecular weight is 202 g/mol. The fraction of sp³-hybridized carbons (Fsp3) is 0.250. The molecular formula is C12H14N2O. The van der Waals surface area contributed by atoms with Gasteiger partial charge in [-0.1, -0.05) is 18.2 Å². The molecular weight excluding hydrogens is 188 g/mol. The van der Waals surface area contributed by atoms with Gasteiger partial charge in [0.25, 0.3) is 0 Å². The van der Waals surface area contributed by atoms with Crippen LogP contribution in [0.5, 0.6) is 0 Å². The number of aromatic nitrogens is 1. The minimum atomic E-state index is 0.0443. The van der Waals surface area contributed by atoms with Crippen LogP contribution in [0.3, 0.4) is 0 Å². The van der Waals surface area contributed by atoms with Crippen molar-refractivity contribution in [2.24, 2.45) is 0 Å². The Morgan fingerprint density at radius 2 is 2.13 bits per heavy atom. The number of hydrogen-bond donors (Lipinski definition) is 2. The van der Waals surface area contributed by atoms with Gasteiger partial charge in [0, 0.05) is 23.6 Å². The Morgan fingerprint density at radius 3 is 2.87 bits per heavy atom. The first kappa shape index (κ1) is 9.77. The number of fused-ring (bicyclic) bond motifs is 1. The van der Waals surface area contributed by atoms with E-state index >= 15 is 0 Å². The molecule has 1 aromatic carbocycles. The smallest absolute Gasteiger partial charge is 0.224 e. The van der Waals surface area contributed by atoms with E-state index in [0.717, 1.165) is 22.2 Å². The second kappa shape index (κ2) is 3.77. The predicted octanol–water partition coefficient (Wildman–Crippen LogP) is 1.76. The third-order valence-electron chi connectivity index (χ3n) is 2.64. The summed E-state index contributed by atoms with van der Waals surface area (Å²) in [5, 5.41) is 3.78. The summed E-state index contributed by atoms with van der Waals surface area (Å²) in [7, 11) is 1.66. The van der Waals surface area contributed by atoms with Crippen molar-refractivity contribution in [1.29, 1.82) is 0 Å². The van der Waals surface area contributed by atoms with E-state index in [1.54, 1.807) is 7.05 Å². The van der Waals surface area contributed by atoms with Gasteiger partial charge in [-0.15, -0.1) is 0 Å². The minimum absolute atomic E-state index is 0.0443. The number of amides is 1. The van der Waals surface area contributed by atoms with Crippen LogP contribution in [-0.2, 0) is 11.2 Å². The number of carbonyl (C=O) groups is 1. The quantitative estimate of drug-likeness (QED) is 0.765. The molecule has 78 valence electrons. The molecule has 0 atom stereocenters. The summed E-state index contributed by atoms with van der Waals surface area (Å²) >= 11 is 0. The molecule has 1 amide bonds. The second-order valence-corrected chi connectivity index (χ2v) is 3.62. The highest BCUT2D eigenvalue weighted by molar-refractivity contribution is 5.89. The van der Waals surface area contributed by atoms with Crippen molar-refractivity contribution in [3.05, 3.63) is 35.5 Å². The summed E-state index contributed by atoms with van der Waals surface area (Å²) in [6.45, 7) is 2.00. The minimum Gasteiger partial charge on any atom is -0.359 e. The van der Waals surface area contributed by atoms with Crippen LogP contribution in [0, 0.1) is 6.92 Å². The van der Waals surface area contributed by atoms with Gasteiger partial charge in [-0.05, 0) is 18.6 Å². The number of nitrogens with one attached hydrogen (secondary N) is 2. The SMILES string of the molecule is CNC(=O)Cc1c(C)[nH]c2ccccc12. The molecule has 0 spiro atoms. The highest BCUT2D eigenvalue weighted by Gasteiger charge is 2.10. The van der Waals surface area contributed by atoms with E-state index < -0.39 is 0 Å². The van der Waals surface area contributed by atoms with Crippen LogP contribution in [0.15, 0.2) is 24.3 Å². The van der Waals surface area contributed by atoms with E-state index in [-0.39, 0.29) is 5.91 Å². The molecule has 1 aromatic heterocycles. The molecule has 3 nitrogen and oxygen atoms in total. The van der Waals surface area contributed by atoms with Crippen molar-refractivity contribution in [2.45, 2.75) is 13.3 Å². The number of carbonyl (C=O) groups excluding carboxylic acids is 1. The molecule has 0 bridgehead atoms. The van der Waals surface area contributed by atoms with E-state index in [1.807, 2.05) is 31.2 Å². The standard InChI is InChI=1S/C12H14N2O/c1-8-10(7-12(15)13-2)9-5-3-4-6-11(9)14-8/h3-6,14H,7H2,1-2H3,(H,13,15). The zero-order chi connectivity index (χ0) is 10.8. The lowest BCUT2D eigenvalue weighted by Crippen LogP contribution is -2.20. The molecule has 0 aliphatic rings. The molecule has 0 unspecified atom stereocenters. The molecule has 0 saturated carbocycles. The van der Waals surface area contributed by atoms with Crippen LogP contribution >= 0.6 is 0 Å². The Kier molecular flexibility index (Phi) is 2.46. The zero-order valence-corrected chi connectivity index (χ0v) is 8.92. The van der Waals surface area contributed by atoms with Gasteiger partial charge in [-0.3, -0.25) is 4.79 Å². The molecule has 2 N–H and O–H groups in total. The Bertz CT molecular complexity index is 499. The Balaban J connectivity index is 2.49. The fourth-order valence-corrected chi connectivity index (χ4v) is 1.81. The monoisotopic (exact) mass is 202 g/mol. The van der Waals surface area contributed by atoms with Crippen LogP contribution < -0.4 is 5.32 Å². The van der Waals surface area contributed by atoms with Gasteiger partial charge in [0.1, 0.15) is 0 Å². The molecule has 0 aliphatic carbocycles. The Hall–Kier alpha value is -1.77. The molecule has 0 radical (unpaired) electrons. The van der Waals surface area contributed by atoms with Crippen molar-refractivity contribution < 1.29 is 4.79 Å². The summed E-state index contributed by atoms with van der Waals surface area (Å²) in [4.78, 5) is 14.6. The molecule has 2 aromatic rings. The van der Waals surface area contributed by atoms with E-state index in [4.69, 9.17) is 0 Å². The lowest BCUT2D eigenvalue weighted by molar-refractivity contribution is -0.119. The maximum atomic E-state index is 11.4. The number of likely N-dealkylation sites (N-methyl/N-ethyl adjacent to an activating group) is 1. The highest BCUT2D eigenvalue weighted by atomic mass is 16.1. The van der Waals surface area contributed by atoms with Gasteiger partial charge in [0.05, 0.1) is 6.42 Å². The average Bonchev–Trinajstić information content (AvgIpc) is 2.55. The first-order valence-electron chi connectivity index (χ1n) is 4.99. The van der Waals surface area contributed by atoms with E-state index in [0.29, 0.717) is 6.42 Å². The molecule has 0 fully saturated rings. The first-order chi connectivity index (χ1) is 7.22. The number of benzene rings is 1. The normalized spacial score (nSPS) is 10.5. The third-order valence-corrected chi connectivity index (χ3v) is 2.64. The van der Waals surface area contributed by atoms with Crippen molar-refractivity contribution in [2.75, 3.05) is 7.05 Å². The molecule has 2 rings (SSSR count). The largest absolute Gasteiger partial charge is 0.359 e. The number of hydrogen-bond acceptors (Lipinski definition) is 1. The Labute approximate surface area is 88.5 Å².